The number of amides is 3. The molecule has 2 aromatic rings. The summed E-state index contributed by atoms with van der Waals surface area (Å²) in [6, 6.07) is 12.7. The van der Waals surface area contributed by atoms with Crippen molar-refractivity contribution in [2.24, 2.45) is 0 Å². The van der Waals surface area contributed by atoms with Crippen LogP contribution in [0.3, 0.4) is 0 Å². The van der Waals surface area contributed by atoms with Crippen molar-refractivity contribution in [3.05, 3.63) is 52.9 Å². The number of nitrogens with zero attached hydrogens (tertiary/aromatic N) is 2. The van der Waals surface area contributed by atoms with E-state index in [1.54, 1.807) is 36.4 Å². The average Bonchev–Trinajstić information content (AvgIpc) is 3.40. The molecule has 2 fully saturated rings. The highest BCUT2D eigenvalue weighted by Gasteiger charge is 2.36. The standard InChI is InChI=1S/C23H21N3O6S/c27-21(24-16-2-4-17(5-3-16)25-7-9-30-10-8-25)13-26-22(28)20(33-23(26)29)12-15-1-6-18-19(11-15)32-14-31-18/h1-6,11-12H,7-10,13-14H2,(H,24,27)/b20-12+. The Kier molecular flexibility index (Phi) is 5.93. The van der Waals surface area contributed by atoms with Crippen LogP contribution >= 0.6 is 11.8 Å². The van der Waals surface area contributed by atoms with Crippen LogP contribution in [0.2, 0.25) is 0 Å². The molecule has 2 saturated heterocycles. The van der Waals surface area contributed by atoms with Gasteiger partial charge in [0.05, 0.1) is 18.1 Å². The summed E-state index contributed by atoms with van der Waals surface area (Å²) in [5.41, 5.74) is 2.35. The van der Waals surface area contributed by atoms with Crippen molar-refractivity contribution in [1.29, 1.82) is 0 Å². The van der Waals surface area contributed by atoms with E-state index >= 15 is 0 Å². The largest absolute Gasteiger partial charge is 0.454 e. The average molecular weight is 468 g/mol. The van der Waals surface area contributed by atoms with Crippen molar-refractivity contribution >= 4 is 46.3 Å². The van der Waals surface area contributed by atoms with Crippen LogP contribution in [0.15, 0.2) is 47.4 Å². The van der Waals surface area contributed by atoms with Crippen molar-refractivity contribution in [3.8, 4) is 11.5 Å². The molecule has 10 heteroatoms. The Balaban J connectivity index is 1.20. The van der Waals surface area contributed by atoms with Crippen LogP contribution in [0.25, 0.3) is 6.08 Å². The molecule has 3 heterocycles. The zero-order valence-corrected chi connectivity index (χ0v) is 18.4. The number of nitrogens with one attached hydrogen (secondary N) is 1. The van der Waals surface area contributed by atoms with Crippen molar-refractivity contribution in [3.63, 3.8) is 0 Å². The number of thioether (sulfide) groups is 1. The maximum Gasteiger partial charge on any atom is 0.294 e. The minimum Gasteiger partial charge on any atom is -0.454 e. The van der Waals surface area contributed by atoms with Gasteiger partial charge in [0.1, 0.15) is 6.54 Å². The summed E-state index contributed by atoms with van der Waals surface area (Å²) in [7, 11) is 0. The Hall–Kier alpha value is -3.50. The van der Waals surface area contributed by atoms with E-state index in [0.717, 1.165) is 35.4 Å². The Morgan fingerprint density at radius 1 is 1.03 bits per heavy atom. The molecule has 0 atom stereocenters. The second-order valence-electron chi connectivity index (χ2n) is 7.58. The Morgan fingerprint density at radius 2 is 1.79 bits per heavy atom. The van der Waals surface area contributed by atoms with Gasteiger partial charge < -0.3 is 24.4 Å². The van der Waals surface area contributed by atoms with E-state index in [-0.39, 0.29) is 18.2 Å². The SMILES string of the molecule is O=C(CN1C(=O)S/C(=C/c2ccc3c(c2)OCO3)C1=O)Nc1ccc(N2CCOCC2)cc1. The highest BCUT2D eigenvalue weighted by molar-refractivity contribution is 8.18. The fraction of sp³-hybridized carbons (Fsp3) is 0.261. The minimum absolute atomic E-state index is 0.153. The zero-order chi connectivity index (χ0) is 22.8. The van der Waals surface area contributed by atoms with Gasteiger partial charge in [0.2, 0.25) is 12.7 Å². The number of fused-ring (bicyclic) bond motifs is 1. The number of morpholine rings is 1. The highest BCUT2D eigenvalue weighted by atomic mass is 32.2. The molecule has 2 aromatic carbocycles. The number of hydrogen-bond donors (Lipinski definition) is 1. The van der Waals surface area contributed by atoms with Gasteiger partial charge in [0, 0.05) is 24.5 Å². The van der Waals surface area contributed by atoms with Crippen LogP contribution in [0.4, 0.5) is 16.2 Å². The topological polar surface area (TPSA) is 97.4 Å². The molecule has 33 heavy (non-hydrogen) atoms. The second-order valence-corrected chi connectivity index (χ2v) is 8.57. The van der Waals surface area contributed by atoms with Gasteiger partial charge in [0.25, 0.3) is 11.1 Å². The number of hydrogen-bond acceptors (Lipinski definition) is 8. The Morgan fingerprint density at radius 3 is 2.58 bits per heavy atom. The molecule has 1 N–H and O–H groups in total. The summed E-state index contributed by atoms with van der Waals surface area (Å²) in [4.78, 5) is 41.0. The Labute approximate surface area is 194 Å². The molecule has 0 unspecified atom stereocenters. The summed E-state index contributed by atoms with van der Waals surface area (Å²) >= 11 is 0.807. The van der Waals surface area contributed by atoms with E-state index in [2.05, 4.69) is 10.2 Å². The summed E-state index contributed by atoms with van der Waals surface area (Å²) in [5, 5.41) is 2.26. The van der Waals surface area contributed by atoms with Gasteiger partial charge in [-0.15, -0.1) is 0 Å². The first-order chi connectivity index (χ1) is 16.1. The maximum absolute atomic E-state index is 12.7. The van der Waals surface area contributed by atoms with Crippen LogP contribution in [0.5, 0.6) is 11.5 Å². The first kappa shape index (κ1) is 21.4. The molecule has 3 aliphatic heterocycles. The van der Waals surface area contributed by atoms with Gasteiger partial charge in [-0.25, -0.2) is 0 Å². The molecular weight excluding hydrogens is 446 g/mol. The molecule has 0 bridgehead atoms. The molecule has 0 saturated carbocycles. The van der Waals surface area contributed by atoms with E-state index in [4.69, 9.17) is 14.2 Å². The number of anilines is 2. The highest BCUT2D eigenvalue weighted by Crippen LogP contribution is 2.36. The third-order valence-corrected chi connectivity index (χ3v) is 6.30. The van der Waals surface area contributed by atoms with E-state index in [1.807, 2.05) is 12.1 Å². The summed E-state index contributed by atoms with van der Waals surface area (Å²) in [5.74, 6) is 0.276. The predicted molar refractivity (Wildman–Crippen MR) is 123 cm³/mol. The number of carbonyl (C=O) groups excluding carboxylic acids is 3. The first-order valence-corrected chi connectivity index (χ1v) is 11.3. The van der Waals surface area contributed by atoms with Crippen LogP contribution in [0, 0.1) is 0 Å². The lowest BCUT2D eigenvalue weighted by Crippen LogP contribution is -2.36. The van der Waals surface area contributed by atoms with Gasteiger partial charge in [-0.3, -0.25) is 19.3 Å². The van der Waals surface area contributed by atoms with E-state index in [9.17, 15) is 14.4 Å². The molecule has 170 valence electrons. The van der Waals surface area contributed by atoms with Crippen molar-refractivity contribution < 1.29 is 28.6 Å². The summed E-state index contributed by atoms with van der Waals surface area (Å²) < 4.78 is 16.0. The Bertz CT molecular complexity index is 1130. The smallest absolute Gasteiger partial charge is 0.294 e. The van der Waals surface area contributed by atoms with Gasteiger partial charge in [-0.05, 0) is 59.8 Å². The monoisotopic (exact) mass is 467 g/mol. The number of imide groups is 1. The van der Waals surface area contributed by atoms with E-state index in [0.29, 0.717) is 36.0 Å². The third-order valence-electron chi connectivity index (χ3n) is 5.40. The molecule has 0 aliphatic carbocycles. The number of carbonyl (C=O) groups is 3. The summed E-state index contributed by atoms with van der Waals surface area (Å²) in [6.45, 7) is 2.84. The number of ether oxygens (including phenoxy) is 3. The van der Waals surface area contributed by atoms with Gasteiger partial charge in [-0.2, -0.15) is 0 Å². The lowest BCUT2D eigenvalue weighted by molar-refractivity contribution is -0.127. The fourth-order valence-corrected chi connectivity index (χ4v) is 4.55. The van der Waals surface area contributed by atoms with Crippen LogP contribution in [-0.2, 0) is 14.3 Å². The van der Waals surface area contributed by atoms with Crippen molar-refractivity contribution in [1.82, 2.24) is 4.90 Å². The minimum atomic E-state index is -0.500. The first-order valence-electron chi connectivity index (χ1n) is 10.4. The van der Waals surface area contributed by atoms with Crippen LogP contribution < -0.4 is 19.7 Å². The molecule has 0 radical (unpaired) electrons. The molecule has 3 aliphatic rings. The molecule has 0 spiro atoms. The maximum atomic E-state index is 12.7. The lowest BCUT2D eigenvalue weighted by Gasteiger charge is -2.28. The molecule has 9 nitrogen and oxygen atoms in total. The molecule has 5 rings (SSSR count). The zero-order valence-electron chi connectivity index (χ0n) is 17.6. The fourth-order valence-electron chi connectivity index (χ4n) is 3.71. The normalized spacial score (nSPS) is 18.8. The van der Waals surface area contributed by atoms with Crippen LogP contribution in [0.1, 0.15) is 5.56 Å². The van der Waals surface area contributed by atoms with E-state index < -0.39 is 17.1 Å². The second kappa shape index (κ2) is 9.16. The molecule has 3 amide bonds. The number of benzene rings is 2. The number of rotatable bonds is 5. The van der Waals surface area contributed by atoms with Crippen LogP contribution in [-0.4, -0.2) is 61.6 Å². The molecule has 0 aromatic heterocycles. The lowest BCUT2D eigenvalue weighted by atomic mass is 10.2. The quantitative estimate of drug-likeness (QED) is 0.671. The van der Waals surface area contributed by atoms with Gasteiger partial charge in [0.15, 0.2) is 11.5 Å². The molecular formula is C23H21N3O6S. The van der Waals surface area contributed by atoms with Crippen molar-refractivity contribution in [2.75, 3.05) is 49.9 Å². The summed E-state index contributed by atoms with van der Waals surface area (Å²) in [6.07, 6.45) is 1.61. The van der Waals surface area contributed by atoms with Crippen molar-refractivity contribution in [2.45, 2.75) is 0 Å². The van der Waals surface area contributed by atoms with Gasteiger partial charge >= 0.3 is 0 Å². The van der Waals surface area contributed by atoms with Gasteiger partial charge in [-0.1, -0.05) is 6.07 Å². The third kappa shape index (κ3) is 4.67. The van der Waals surface area contributed by atoms with E-state index in [1.165, 1.54) is 0 Å². The predicted octanol–water partition coefficient (Wildman–Crippen LogP) is 2.93.